The highest BCUT2D eigenvalue weighted by atomic mass is 32.1. The summed E-state index contributed by atoms with van der Waals surface area (Å²) in [5, 5.41) is 18.2. The van der Waals surface area contributed by atoms with Crippen LogP contribution in [0.5, 0.6) is 10.9 Å². The van der Waals surface area contributed by atoms with Crippen LogP contribution in [0, 0.1) is 11.3 Å². The van der Waals surface area contributed by atoms with E-state index in [0.717, 1.165) is 5.56 Å². The van der Waals surface area contributed by atoms with E-state index in [0.29, 0.717) is 59.1 Å². The zero-order valence-electron chi connectivity index (χ0n) is 14.7. The third-order valence-electron chi connectivity index (χ3n) is 4.19. The van der Waals surface area contributed by atoms with Gasteiger partial charge in [-0.1, -0.05) is 5.10 Å². The maximum absolute atomic E-state index is 13.0. The molecule has 142 valence electrons. The van der Waals surface area contributed by atoms with Crippen molar-refractivity contribution < 1.29 is 9.13 Å². The Morgan fingerprint density at radius 3 is 2.75 bits per heavy atom. The fraction of sp³-hybridized carbons (Fsp3) is 0.278. The van der Waals surface area contributed by atoms with Crippen LogP contribution in [-0.4, -0.2) is 46.0 Å². The molecule has 3 heterocycles. The molecule has 0 bridgehead atoms. The first-order chi connectivity index (χ1) is 13.7. The van der Waals surface area contributed by atoms with Crippen LogP contribution in [0.3, 0.4) is 0 Å². The van der Waals surface area contributed by atoms with E-state index in [-0.39, 0.29) is 0 Å². The summed E-state index contributed by atoms with van der Waals surface area (Å²) in [7, 11) is 0. The maximum atomic E-state index is 13.0. The molecule has 10 heteroatoms. The molecule has 0 atom stereocenters. The Labute approximate surface area is 164 Å². The Hall–Kier alpha value is -3.16. The molecule has 0 spiro atoms. The van der Waals surface area contributed by atoms with Gasteiger partial charge >= 0.3 is 5.19 Å². The molecular formula is C18H16FN7OS. The average molecular weight is 397 g/mol. The number of hydrogen-bond donors (Lipinski definition) is 1. The van der Waals surface area contributed by atoms with Crippen LogP contribution in [0.1, 0.15) is 11.1 Å². The van der Waals surface area contributed by atoms with Crippen molar-refractivity contribution in [2.24, 2.45) is 5.73 Å². The van der Waals surface area contributed by atoms with Crippen molar-refractivity contribution >= 4 is 16.5 Å². The molecule has 2 aromatic heterocycles. The van der Waals surface area contributed by atoms with Crippen LogP contribution < -0.4 is 15.4 Å². The molecule has 4 rings (SSSR count). The van der Waals surface area contributed by atoms with Crippen molar-refractivity contribution in [2.75, 3.05) is 24.5 Å². The van der Waals surface area contributed by atoms with E-state index in [1.165, 1.54) is 11.3 Å². The summed E-state index contributed by atoms with van der Waals surface area (Å²) in [6.07, 6.45) is 3.31. The minimum Gasteiger partial charge on any atom is -0.429 e. The van der Waals surface area contributed by atoms with Crippen molar-refractivity contribution in [3.05, 3.63) is 41.7 Å². The number of nitrogens with two attached hydrogens (primary N) is 1. The van der Waals surface area contributed by atoms with Crippen LogP contribution >= 0.6 is 11.3 Å². The fourth-order valence-electron chi connectivity index (χ4n) is 2.70. The third-order valence-corrected chi connectivity index (χ3v) is 5.05. The van der Waals surface area contributed by atoms with Crippen molar-refractivity contribution in [2.45, 2.75) is 12.6 Å². The normalized spacial score (nSPS) is 13.8. The minimum absolute atomic E-state index is 0.299. The van der Waals surface area contributed by atoms with E-state index in [9.17, 15) is 9.65 Å². The number of aromatic nitrogens is 4. The number of nitriles is 1. The van der Waals surface area contributed by atoms with Gasteiger partial charge in [-0.05, 0) is 48.1 Å². The Morgan fingerprint density at radius 1 is 1.29 bits per heavy atom. The highest BCUT2D eigenvalue weighted by Crippen LogP contribution is 2.36. The number of nitrogens with zero attached hydrogens (tertiary/aromatic N) is 6. The van der Waals surface area contributed by atoms with Crippen LogP contribution in [0.2, 0.25) is 0 Å². The molecule has 0 amide bonds. The predicted octanol–water partition coefficient (Wildman–Crippen LogP) is 2.32. The molecule has 8 nitrogen and oxygen atoms in total. The predicted molar refractivity (Wildman–Crippen MR) is 102 cm³/mol. The fourth-order valence-corrected chi connectivity index (χ4v) is 3.43. The van der Waals surface area contributed by atoms with Gasteiger partial charge in [0.25, 0.3) is 0 Å². The summed E-state index contributed by atoms with van der Waals surface area (Å²) in [5.74, 6) is 0.869. The van der Waals surface area contributed by atoms with Gasteiger partial charge in [0.1, 0.15) is 11.9 Å². The van der Waals surface area contributed by atoms with Gasteiger partial charge in [0.2, 0.25) is 5.13 Å². The molecule has 1 aliphatic rings. The molecule has 1 aliphatic heterocycles. The zero-order valence-corrected chi connectivity index (χ0v) is 15.6. The van der Waals surface area contributed by atoms with Crippen molar-refractivity contribution in [3.63, 3.8) is 0 Å². The van der Waals surface area contributed by atoms with Crippen molar-refractivity contribution in [3.8, 4) is 28.4 Å². The Bertz CT molecular complexity index is 1010. The standard InChI is InChI=1S/C18H16FN7OS/c19-13-9-26(10-13)17-24-25-18(28-17)27-15-5-11(6-21)1-2-14(15)16-22-7-12(3-4-20)8-23-16/h1-2,5,7-8,13H,3-4,9-10,20H2. The molecule has 0 aliphatic carbocycles. The highest BCUT2D eigenvalue weighted by Gasteiger charge is 2.29. The number of hydrogen-bond acceptors (Lipinski definition) is 9. The molecule has 1 fully saturated rings. The van der Waals surface area contributed by atoms with E-state index < -0.39 is 6.17 Å². The topological polar surface area (TPSA) is 114 Å². The smallest absolute Gasteiger partial charge is 0.301 e. The number of benzene rings is 1. The summed E-state index contributed by atoms with van der Waals surface area (Å²) < 4.78 is 18.9. The Balaban J connectivity index is 1.61. The molecule has 0 radical (unpaired) electrons. The van der Waals surface area contributed by atoms with E-state index in [1.807, 2.05) is 0 Å². The van der Waals surface area contributed by atoms with Crippen molar-refractivity contribution in [1.82, 2.24) is 20.2 Å². The third kappa shape index (κ3) is 3.76. The molecule has 2 N–H and O–H groups in total. The van der Waals surface area contributed by atoms with Crippen LogP contribution in [0.15, 0.2) is 30.6 Å². The summed E-state index contributed by atoms with van der Waals surface area (Å²) in [4.78, 5) is 10.5. The van der Waals surface area contributed by atoms with Gasteiger partial charge in [0, 0.05) is 12.4 Å². The van der Waals surface area contributed by atoms with Gasteiger partial charge in [0.05, 0.1) is 30.3 Å². The lowest BCUT2D eigenvalue weighted by Gasteiger charge is -2.33. The second kappa shape index (κ2) is 7.84. The van der Waals surface area contributed by atoms with Crippen molar-refractivity contribution in [1.29, 1.82) is 5.26 Å². The minimum atomic E-state index is -0.827. The monoisotopic (exact) mass is 397 g/mol. The first kappa shape index (κ1) is 18.2. The van der Waals surface area contributed by atoms with Gasteiger partial charge in [0.15, 0.2) is 5.82 Å². The number of alkyl halides is 1. The number of ether oxygens (including phenoxy) is 1. The van der Waals surface area contributed by atoms with E-state index in [4.69, 9.17) is 10.5 Å². The van der Waals surface area contributed by atoms with Gasteiger partial charge in [-0.25, -0.2) is 14.4 Å². The number of halogens is 1. The van der Waals surface area contributed by atoms with Gasteiger partial charge < -0.3 is 15.4 Å². The maximum Gasteiger partial charge on any atom is 0.301 e. The first-order valence-electron chi connectivity index (χ1n) is 8.62. The molecule has 28 heavy (non-hydrogen) atoms. The second-order valence-corrected chi connectivity index (χ2v) is 7.15. The largest absolute Gasteiger partial charge is 0.429 e. The SMILES string of the molecule is N#Cc1ccc(-c2ncc(CCN)cn2)c(Oc2nnc(N3CC(F)C3)s2)c1. The summed E-state index contributed by atoms with van der Waals surface area (Å²) >= 11 is 1.22. The first-order valence-corrected chi connectivity index (χ1v) is 9.44. The molecule has 0 unspecified atom stereocenters. The van der Waals surface area contributed by atoms with Crippen LogP contribution in [-0.2, 0) is 6.42 Å². The lowest BCUT2D eigenvalue weighted by Crippen LogP contribution is -2.48. The average Bonchev–Trinajstić information content (AvgIpc) is 3.14. The van der Waals surface area contributed by atoms with Gasteiger partial charge in [-0.15, -0.1) is 5.10 Å². The molecule has 0 saturated carbocycles. The van der Waals surface area contributed by atoms with E-state index in [1.54, 1.807) is 35.5 Å². The van der Waals surface area contributed by atoms with E-state index in [2.05, 4.69) is 26.2 Å². The molecule has 3 aromatic rings. The lowest BCUT2D eigenvalue weighted by atomic mass is 10.1. The summed E-state index contributed by atoms with van der Waals surface area (Å²) in [6.45, 7) is 1.15. The quantitative estimate of drug-likeness (QED) is 0.674. The van der Waals surface area contributed by atoms with Gasteiger partial charge in [-0.2, -0.15) is 5.26 Å². The number of anilines is 1. The zero-order chi connectivity index (χ0) is 19.5. The highest BCUT2D eigenvalue weighted by molar-refractivity contribution is 7.17. The molecule has 1 aromatic carbocycles. The Morgan fingerprint density at radius 2 is 2.07 bits per heavy atom. The molecular weight excluding hydrogens is 381 g/mol. The summed E-state index contributed by atoms with van der Waals surface area (Å²) in [5.41, 5.74) is 7.56. The Kier molecular flexibility index (Phi) is 5.10. The van der Waals surface area contributed by atoms with Crippen LogP contribution in [0.25, 0.3) is 11.4 Å². The van der Waals surface area contributed by atoms with Crippen LogP contribution in [0.4, 0.5) is 9.52 Å². The molecule has 1 saturated heterocycles. The second-order valence-electron chi connectivity index (χ2n) is 6.23. The van der Waals surface area contributed by atoms with Gasteiger partial charge in [-0.3, -0.25) is 0 Å². The summed E-state index contributed by atoms with van der Waals surface area (Å²) in [6, 6.07) is 7.10. The number of rotatable bonds is 6. The lowest BCUT2D eigenvalue weighted by molar-refractivity contribution is 0.274. The van der Waals surface area contributed by atoms with E-state index >= 15 is 0 Å².